The van der Waals surface area contributed by atoms with Gasteiger partial charge in [-0.05, 0) is 17.7 Å². The smallest absolute Gasteiger partial charge is 0.274 e. The molecule has 1 aromatic carbocycles. The standard InChI is InChI=1S/C21H20ClN7/c22-18-6-2-1-5-16(18)14-29-21-17(13-26-29)20(24-15-25-21)28-11-9-27(10-12-28)19-7-3-4-8-23-19/h1-8,13,15H,9-12,14H2/p+1. The summed E-state index contributed by atoms with van der Waals surface area (Å²) < 4.78 is 1.89. The molecule has 4 aromatic rings. The Morgan fingerprint density at radius 1 is 0.931 bits per heavy atom. The van der Waals surface area contributed by atoms with Gasteiger partial charge in [0.1, 0.15) is 25.2 Å². The van der Waals surface area contributed by atoms with Crippen LogP contribution in [0.15, 0.2) is 61.2 Å². The highest BCUT2D eigenvalue weighted by Crippen LogP contribution is 2.25. The van der Waals surface area contributed by atoms with Gasteiger partial charge in [0.25, 0.3) is 5.82 Å². The van der Waals surface area contributed by atoms with Crippen molar-refractivity contribution in [3.05, 3.63) is 71.8 Å². The Labute approximate surface area is 173 Å². The van der Waals surface area contributed by atoms with Crippen molar-refractivity contribution in [3.63, 3.8) is 0 Å². The number of piperazine rings is 1. The van der Waals surface area contributed by atoms with Gasteiger partial charge in [-0.3, -0.25) is 4.90 Å². The molecule has 0 saturated carbocycles. The van der Waals surface area contributed by atoms with Crippen LogP contribution in [0.2, 0.25) is 5.02 Å². The molecule has 29 heavy (non-hydrogen) atoms. The highest BCUT2D eigenvalue weighted by molar-refractivity contribution is 6.31. The number of nitrogens with one attached hydrogen (secondary N) is 1. The summed E-state index contributed by atoms with van der Waals surface area (Å²) in [6.07, 6.45) is 5.45. The first kappa shape index (κ1) is 17.9. The van der Waals surface area contributed by atoms with Gasteiger partial charge < -0.3 is 4.90 Å². The fourth-order valence-corrected chi connectivity index (χ4v) is 3.97. The average Bonchev–Trinajstić information content (AvgIpc) is 3.19. The van der Waals surface area contributed by atoms with Crippen LogP contribution in [0.25, 0.3) is 11.0 Å². The zero-order valence-electron chi connectivity index (χ0n) is 15.9. The number of fused-ring (bicyclic) bond motifs is 1. The van der Waals surface area contributed by atoms with E-state index < -0.39 is 0 Å². The van der Waals surface area contributed by atoms with Gasteiger partial charge in [0.15, 0.2) is 5.65 Å². The van der Waals surface area contributed by atoms with Crippen LogP contribution in [0.4, 0.5) is 11.6 Å². The summed E-state index contributed by atoms with van der Waals surface area (Å²) in [5.74, 6) is 2.09. The van der Waals surface area contributed by atoms with Crippen molar-refractivity contribution in [3.8, 4) is 0 Å². The second-order valence-electron chi connectivity index (χ2n) is 7.05. The molecular weight excluding hydrogens is 386 g/mol. The topological polar surface area (TPSA) is 64.2 Å². The van der Waals surface area contributed by atoms with Crippen LogP contribution >= 0.6 is 11.6 Å². The van der Waals surface area contributed by atoms with E-state index >= 15 is 0 Å². The number of nitrogens with zero attached hydrogens (tertiary/aromatic N) is 6. The Hall–Kier alpha value is -3.19. The Morgan fingerprint density at radius 2 is 1.72 bits per heavy atom. The summed E-state index contributed by atoms with van der Waals surface area (Å²) >= 11 is 6.32. The summed E-state index contributed by atoms with van der Waals surface area (Å²) in [6, 6.07) is 14.0. The predicted molar refractivity (Wildman–Crippen MR) is 113 cm³/mol. The number of aromatic nitrogens is 5. The van der Waals surface area contributed by atoms with Gasteiger partial charge in [-0.15, -0.1) is 0 Å². The zero-order chi connectivity index (χ0) is 19.6. The van der Waals surface area contributed by atoms with Crippen molar-refractivity contribution < 1.29 is 4.98 Å². The van der Waals surface area contributed by atoms with E-state index in [9.17, 15) is 0 Å². The van der Waals surface area contributed by atoms with E-state index in [1.807, 2.05) is 47.4 Å². The second-order valence-corrected chi connectivity index (χ2v) is 7.46. The van der Waals surface area contributed by atoms with E-state index in [-0.39, 0.29) is 0 Å². The molecule has 1 aliphatic rings. The number of pyridine rings is 1. The van der Waals surface area contributed by atoms with Crippen LogP contribution in [0.1, 0.15) is 5.56 Å². The molecule has 0 atom stereocenters. The third-order valence-corrected chi connectivity index (χ3v) is 5.67. The summed E-state index contributed by atoms with van der Waals surface area (Å²) in [5, 5.41) is 6.27. The van der Waals surface area contributed by atoms with Crippen molar-refractivity contribution in [2.75, 3.05) is 36.0 Å². The minimum atomic E-state index is 0.581. The fraction of sp³-hybridized carbons (Fsp3) is 0.238. The summed E-state index contributed by atoms with van der Waals surface area (Å²) in [6.45, 7) is 4.23. The number of halogens is 1. The molecule has 0 radical (unpaired) electrons. The molecule has 1 aliphatic heterocycles. The lowest BCUT2D eigenvalue weighted by Gasteiger charge is -2.31. The molecule has 3 aromatic heterocycles. The fourth-order valence-electron chi connectivity index (χ4n) is 3.78. The van der Waals surface area contributed by atoms with E-state index in [4.69, 9.17) is 11.6 Å². The second kappa shape index (κ2) is 7.67. The highest BCUT2D eigenvalue weighted by atomic mass is 35.5. The maximum Gasteiger partial charge on any atom is 0.274 e. The molecule has 5 rings (SSSR count). The van der Waals surface area contributed by atoms with Crippen molar-refractivity contribution in [1.82, 2.24) is 19.7 Å². The third-order valence-electron chi connectivity index (χ3n) is 5.30. The largest absolute Gasteiger partial charge is 0.348 e. The van der Waals surface area contributed by atoms with Gasteiger partial charge in [-0.25, -0.2) is 19.6 Å². The van der Waals surface area contributed by atoms with E-state index in [1.54, 1.807) is 6.33 Å². The van der Waals surface area contributed by atoms with Gasteiger partial charge in [-0.2, -0.15) is 5.10 Å². The van der Waals surface area contributed by atoms with Gasteiger partial charge in [0, 0.05) is 11.1 Å². The molecule has 146 valence electrons. The molecule has 4 heterocycles. The van der Waals surface area contributed by atoms with Crippen molar-refractivity contribution >= 4 is 34.3 Å². The predicted octanol–water partition coefficient (Wildman–Crippen LogP) is 2.67. The van der Waals surface area contributed by atoms with Gasteiger partial charge in [-0.1, -0.05) is 35.9 Å². The first-order valence-corrected chi connectivity index (χ1v) is 10.0. The normalized spacial score (nSPS) is 14.5. The molecule has 0 spiro atoms. The minimum absolute atomic E-state index is 0.581. The van der Waals surface area contributed by atoms with Crippen LogP contribution in [0, 0.1) is 0 Å². The van der Waals surface area contributed by atoms with Crippen LogP contribution in [-0.4, -0.2) is 45.9 Å². The third kappa shape index (κ3) is 3.49. The van der Waals surface area contributed by atoms with E-state index in [0.717, 1.165) is 59.4 Å². The van der Waals surface area contributed by atoms with Crippen LogP contribution in [-0.2, 0) is 6.54 Å². The summed E-state index contributed by atoms with van der Waals surface area (Å²) in [5.41, 5.74) is 1.85. The van der Waals surface area contributed by atoms with Crippen molar-refractivity contribution in [2.24, 2.45) is 0 Å². The van der Waals surface area contributed by atoms with Crippen LogP contribution < -0.4 is 14.8 Å². The number of hydrogen-bond donors (Lipinski definition) is 0. The van der Waals surface area contributed by atoms with Crippen LogP contribution in [0.5, 0.6) is 0 Å². The molecule has 0 aliphatic carbocycles. The first-order chi connectivity index (χ1) is 14.3. The molecule has 7 nitrogen and oxygen atoms in total. The van der Waals surface area contributed by atoms with Gasteiger partial charge >= 0.3 is 0 Å². The van der Waals surface area contributed by atoms with Crippen molar-refractivity contribution in [2.45, 2.75) is 6.54 Å². The number of benzene rings is 1. The summed E-state index contributed by atoms with van der Waals surface area (Å²) in [7, 11) is 0. The average molecular weight is 407 g/mol. The van der Waals surface area contributed by atoms with E-state index in [2.05, 4.69) is 42.0 Å². The van der Waals surface area contributed by atoms with E-state index in [0.29, 0.717) is 6.54 Å². The lowest BCUT2D eigenvalue weighted by molar-refractivity contribution is -0.364. The van der Waals surface area contributed by atoms with Crippen LogP contribution in [0.3, 0.4) is 0 Å². The summed E-state index contributed by atoms with van der Waals surface area (Å²) in [4.78, 5) is 17.0. The first-order valence-electron chi connectivity index (χ1n) is 9.66. The van der Waals surface area contributed by atoms with Crippen molar-refractivity contribution in [1.29, 1.82) is 0 Å². The molecule has 1 saturated heterocycles. The molecular formula is C21H21ClN7+. The Kier molecular flexibility index (Phi) is 4.73. The highest BCUT2D eigenvalue weighted by Gasteiger charge is 2.25. The lowest BCUT2D eigenvalue weighted by Crippen LogP contribution is -2.48. The van der Waals surface area contributed by atoms with Gasteiger partial charge in [0.05, 0.1) is 37.4 Å². The number of hydrogen-bond acceptors (Lipinski definition) is 5. The molecule has 1 N–H and O–H groups in total. The molecule has 0 bridgehead atoms. The number of anilines is 2. The van der Waals surface area contributed by atoms with E-state index in [1.165, 1.54) is 0 Å². The maximum atomic E-state index is 6.32. The lowest BCUT2D eigenvalue weighted by atomic mass is 10.2. The molecule has 8 heteroatoms. The zero-order valence-corrected chi connectivity index (χ0v) is 16.6. The molecule has 0 unspecified atom stereocenters. The quantitative estimate of drug-likeness (QED) is 0.521. The minimum Gasteiger partial charge on any atom is -0.348 e. The monoisotopic (exact) mass is 406 g/mol. The Bertz CT molecular complexity index is 1120. The SMILES string of the molecule is Clc1ccccc1Cn1ncc2c(N3CCN(c4cccc[nH+]4)CC3)ncnc21. The number of aromatic amines is 1. The molecule has 0 amide bonds. The number of rotatable bonds is 4. The maximum absolute atomic E-state index is 6.32. The Balaban J connectivity index is 1.38. The number of H-pyrrole nitrogens is 1. The molecule has 1 fully saturated rings. The Morgan fingerprint density at radius 3 is 2.52 bits per heavy atom. The van der Waals surface area contributed by atoms with Gasteiger partial charge in [0.2, 0.25) is 0 Å².